The Kier molecular flexibility index (Phi) is 4.82. The molecule has 0 aliphatic rings. The Hall–Kier alpha value is -1.63. The van der Waals surface area contributed by atoms with Crippen LogP contribution in [0.3, 0.4) is 0 Å². The third-order valence-electron chi connectivity index (χ3n) is 2.95. The van der Waals surface area contributed by atoms with Gasteiger partial charge in [0.15, 0.2) is 0 Å². The van der Waals surface area contributed by atoms with Crippen molar-refractivity contribution in [3.63, 3.8) is 0 Å². The zero-order valence-corrected chi connectivity index (χ0v) is 13.0. The lowest BCUT2D eigenvalue weighted by Crippen LogP contribution is -2.26. The number of rotatable bonds is 5. The number of pyridine rings is 1. The van der Waals surface area contributed by atoms with Crippen molar-refractivity contribution in [3.05, 3.63) is 69.1 Å². The van der Waals surface area contributed by atoms with Crippen molar-refractivity contribution in [2.45, 2.75) is 12.3 Å². The number of nitrogens with one attached hydrogen (secondary N) is 1. The second-order valence-corrected chi connectivity index (χ2v) is 6.87. The van der Waals surface area contributed by atoms with Crippen LogP contribution in [0.1, 0.15) is 11.1 Å². The molecule has 0 amide bonds. The number of benzene rings is 1. The first-order valence-corrected chi connectivity index (χ1v) is 8.27. The Labute approximate surface area is 128 Å². The average molecular weight is 327 g/mol. The van der Waals surface area contributed by atoms with Crippen LogP contribution in [0.5, 0.6) is 0 Å². The van der Waals surface area contributed by atoms with Gasteiger partial charge in [-0.25, -0.2) is 13.1 Å². The predicted molar refractivity (Wildman–Crippen MR) is 82.6 cm³/mol. The summed E-state index contributed by atoms with van der Waals surface area (Å²) in [5.41, 5.74) is 1.12. The maximum absolute atomic E-state index is 12.0. The van der Waals surface area contributed by atoms with Gasteiger partial charge in [-0.05, 0) is 17.2 Å². The normalized spacial score (nSPS) is 11.5. The smallest absolute Gasteiger partial charge is 0.250 e. The Bertz CT molecular complexity index is 800. The molecule has 0 spiro atoms. The lowest BCUT2D eigenvalue weighted by atomic mass is 10.2. The molecule has 112 valence electrons. The van der Waals surface area contributed by atoms with E-state index in [2.05, 4.69) is 4.72 Å². The van der Waals surface area contributed by atoms with E-state index in [0.29, 0.717) is 16.1 Å². The summed E-state index contributed by atoms with van der Waals surface area (Å²) in [5, 5.41) is 0.421. The van der Waals surface area contributed by atoms with Gasteiger partial charge in [-0.15, -0.1) is 0 Å². The molecule has 21 heavy (non-hydrogen) atoms. The summed E-state index contributed by atoms with van der Waals surface area (Å²) in [6.45, 7) is 0.126. The number of hydrogen-bond acceptors (Lipinski definition) is 3. The number of nitrogens with zero attached hydrogens (tertiary/aromatic N) is 1. The van der Waals surface area contributed by atoms with Crippen LogP contribution in [0.25, 0.3) is 0 Å². The van der Waals surface area contributed by atoms with Crippen molar-refractivity contribution in [1.82, 2.24) is 9.29 Å². The zero-order valence-electron chi connectivity index (χ0n) is 11.4. The Morgan fingerprint density at radius 1 is 1.19 bits per heavy atom. The maximum atomic E-state index is 12.0. The molecule has 1 aromatic heterocycles. The summed E-state index contributed by atoms with van der Waals surface area (Å²) in [6, 6.07) is 9.81. The van der Waals surface area contributed by atoms with Crippen LogP contribution >= 0.6 is 11.6 Å². The molecule has 1 aromatic carbocycles. The van der Waals surface area contributed by atoms with Gasteiger partial charge in [0.2, 0.25) is 15.6 Å². The molecule has 0 aliphatic heterocycles. The first kappa shape index (κ1) is 15.8. The van der Waals surface area contributed by atoms with E-state index in [-0.39, 0.29) is 17.9 Å². The highest BCUT2D eigenvalue weighted by Gasteiger charge is 2.13. The van der Waals surface area contributed by atoms with Crippen LogP contribution in [0, 0.1) is 0 Å². The quantitative estimate of drug-likeness (QED) is 0.908. The van der Waals surface area contributed by atoms with Crippen LogP contribution in [0.2, 0.25) is 5.02 Å². The molecule has 5 nitrogen and oxygen atoms in total. The molecule has 2 aromatic rings. The molecule has 0 fully saturated rings. The molecule has 0 bridgehead atoms. The van der Waals surface area contributed by atoms with Crippen LogP contribution in [-0.4, -0.2) is 13.0 Å². The van der Waals surface area contributed by atoms with Crippen molar-refractivity contribution in [1.29, 1.82) is 0 Å². The fourth-order valence-electron chi connectivity index (χ4n) is 1.82. The summed E-state index contributed by atoms with van der Waals surface area (Å²) in [7, 11) is -1.88. The summed E-state index contributed by atoms with van der Waals surface area (Å²) in [5.74, 6) is -0.182. The fourth-order valence-corrected chi connectivity index (χ4v) is 3.25. The molecule has 0 saturated carbocycles. The van der Waals surface area contributed by atoms with Gasteiger partial charge in [0, 0.05) is 30.9 Å². The summed E-state index contributed by atoms with van der Waals surface area (Å²) in [4.78, 5) is 11.3. The van der Waals surface area contributed by atoms with Crippen LogP contribution in [-0.2, 0) is 29.4 Å². The van der Waals surface area contributed by atoms with Gasteiger partial charge in [-0.3, -0.25) is 4.79 Å². The first-order chi connectivity index (χ1) is 9.87. The summed E-state index contributed by atoms with van der Waals surface area (Å²) < 4.78 is 28.0. The summed E-state index contributed by atoms with van der Waals surface area (Å²) in [6.07, 6.45) is 1.60. The molecule has 0 unspecified atom stereocenters. The summed E-state index contributed by atoms with van der Waals surface area (Å²) >= 11 is 5.96. The molecule has 0 radical (unpaired) electrons. The maximum Gasteiger partial charge on any atom is 0.250 e. The number of sulfonamides is 1. The molecule has 0 atom stereocenters. The number of halogens is 1. The predicted octanol–water partition coefficient (Wildman–Crippen LogP) is 1.66. The topological polar surface area (TPSA) is 68.2 Å². The average Bonchev–Trinajstić information content (AvgIpc) is 2.43. The third-order valence-corrected chi connectivity index (χ3v) is 4.59. The lowest BCUT2D eigenvalue weighted by molar-refractivity contribution is 0.580. The molecule has 2 rings (SSSR count). The molecular weight excluding hydrogens is 312 g/mol. The van der Waals surface area contributed by atoms with Crippen LogP contribution in [0.15, 0.2) is 47.4 Å². The standard InChI is InChI=1S/C14H15ClN2O3S/c1-17-9-11(6-7-14(17)18)8-16-21(19,20)10-12-4-2-3-5-13(12)15/h2-7,9,16H,8,10H2,1H3. The molecule has 1 heterocycles. The highest BCUT2D eigenvalue weighted by atomic mass is 35.5. The minimum absolute atomic E-state index is 0.126. The van der Waals surface area contributed by atoms with Gasteiger partial charge in [-0.2, -0.15) is 0 Å². The number of hydrogen-bond donors (Lipinski definition) is 1. The van der Waals surface area contributed by atoms with E-state index in [1.54, 1.807) is 43.6 Å². The van der Waals surface area contributed by atoms with E-state index in [0.717, 1.165) is 0 Å². The Morgan fingerprint density at radius 2 is 1.90 bits per heavy atom. The highest BCUT2D eigenvalue weighted by molar-refractivity contribution is 7.88. The van der Waals surface area contributed by atoms with E-state index in [1.807, 2.05) is 0 Å². The van der Waals surface area contributed by atoms with E-state index in [9.17, 15) is 13.2 Å². The fraction of sp³-hybridized carbons (Fsp3) is 0.214. The van der Waals surface area contributed by atoms with Gasteiger partial charge in [-0.1, -0.05) is 35.9 Å². The van der Waals surface area contributed by atoms with Crippen LogP contribution < -0.4 is 10.3 Å². The van der Waals surface area contributed by atoms with E-state index < -0.39 is 10.0 Å². The molecule has 0 saturated heterocycles. The van der Waals surface area contributed by atoms with E-state index in [1.165, 1.54) is 10.6 Å². The third kappa shape index (κ3) is 4.42. The van der Waals surface area contributed by atoms with Gasteiger partial charge in [0.05, 0.1) is 5.75 Å². The van der Waals surface area contributed by atoms with Gasteiger partial charge in [0.25, 0.3) is 0 Å². The van der Waals surface area contributed by atoms with Gasteiger partial charge >= 0.3 is 0 Å². The second-order valence-electron chi connectivity index (χ2n) is 4.66. The van der Waals surface area contributed by atoms with Gasteiger partial charge < -0.3 is 4.57 Å². The van der Waals surface area contributed by atoms with Crippen molar-refractivity contribution in [2.24, 2.45) is 7.05 Å². The molecule has 7 heteroatoms. The largest absolute Gasteiger partial charge is 0.318 e. The molecule has 0 aliphatic carbocycles. The zero-order chi connectivity index (χ0) is 15.5. The Morgan fingerprint density at radius 3 is 2.57 bits per heavy atom. The number of aryl methyl sites for hydroxylation is 1. The lowest BCUT2D eigenvalue weighted by Gasteiger charge is -2.08. The number of aromatic nitrogens is 1. The SMILES string of the molecule is Cn1cc(CNS(=O)(=O)Cc2ccccc2Cl)ccc1=O. The highest BCUT2D eigenvalue weighted by Crippen LogP contribution is 2.17. The van der Waals surface area contributed by atoms with Crippen molar-refractivity contribution >= 4 is 21.6 Å². The van der Waals surface area contributed by atoms with Gasteiger partial charge in [0.1, 0.15) is 0 Å². The molecule has 1 N–H and O–H groups in total. The monoisotopic (exact) mass is 326 g/mol. The Balaban J connectivity index is 2.06. The first-order valence-electron chi connectivity index (χ1n) is 6.24. The van der Waals surface area contributed by atoms with Crippen LogP contribution in [0.4, 0.5) is 0 Å². The van der Waals surface area contributed by atoms with Crippen molar-refractivity contribution in [2.75, 3.05) is 0 Å². The van der Waals surface area contributed by atoms with Crippen molar-refractivity contribution < 1.29 is 8.42 Å². The minimum atomic E-state index is -3.50. The van der Waals surface area contributed by atoms with Crippen molar-refractivity contribution in [3.8, 4) is 0 Å². The second kappa shape index (κ2) is 6.43. The van der Waals surface area contributed by atoms with E-state index >= 15 is 0 Å². The molecular formula is C14H15ClN2O3S. The van der Waals surface area contributed by atoms with E-state index in [4.69, 9.17) is 11.6 Å². The minimum Gasteiger partial charge on any atom is -0.318 e.